The Morgan fingerprint density at radius 2 is 1.89 bits per heavy atom. The summed E-state index contributed by atoms with van der Waals surface area (Å²) in [6, 6.07) is 7.69. The summed E-state index contributed by atoms with van der Waals surface area (Å²) in [6.45, 7) is 5.77. The third-order valence-corrected chi connectivity index (χ3v) is 4.74. The molecule has 1 aromatic carbocycles. The first-order valence-corrected chi connectivity index (χ1v) is 8.06. The van der Waals surface area contributed by atoms with Crippen LogP contribution in [-0.2, 0) is 16.4 Å². The topological polar surface area (TPSA) is 63.4 Å². The van der Waals surface area contributed by atoms with Crippen LogP contribution >= 0.6 is 0 Å². The summed E-state index contributed by atoms with van der Waals surface area (Å²) >= 11 is 0. The average molecular weight is 270 g/mol. The quantitative estimate of drug-likeness (QED) is 0.763. The van der Waals surface area contributed by atoms with E-state index in [1.165, 1.54) is 0 Å². The third-order valence-electron chi connectivity index (χ3n) is 3.05. The number of sulfone groups is 1. The number of hydrogen-bond acceptors (Lipinski definition) is 4. The number of hydrogen-bond donors (Lipinski definition) is 1. The minimum atomic E-state index is -2.90. The van der Waals surface area contributed by atoms with Gasteiger partial charge in [0.15, 0.2) is 9.84 Å². The molecule has 1 aromatic rings. The number of nitrogen functional groups attached to an aromatic ring is 1. The van der Waals surface area contributed by atoms with E-state index >= 15 is 0 Å². The zero-order valence-electron chi connectivity index (χ0n) is 11.1. The van der Waals surface area contributed by atoms with Gasteiger partial charge in [-0.25, -0.2) is 8.42 Å². The van der Waals surface area contributed by atoms with Gasteiger partial charge in [-0.3, -0.25) is 4.90 Å². The van der Waals surface area contributed by atoms with Crippen molar-refractivity contribution in [3.63, 3.8) is 0 Å². The molecule has 102 valence electrons. The molecule has 0 amide bonds. The lowest BCUT2D eigenvalue weighted by Crippen LogP contribution is -2.29. The highest BCUT2D eigenvalue weighted by Gasteiger charge is 2.11. The first-order chi connectivity index (χ1) is 8.48. The molecule has 18 heavy (non-hydrogen) atoms. The van der Waals surface area contributed by atoms with Crippen molar-refractivity contribution in [3.05, 3.63) is 29.8 Å². The molecule has 0 aromatic heterocycles. The van der Waals surface area contributed by atoms with Crippen LogP contribution < -0.4 is 5.73 Å². The number of rotatable bonds is 7. The van der Waals surface area contributed by atoms with E-state index in [-0.39, 0.29) is 11.5 Å². The lowest BCUT2D eigenvalue weighted by Gasteiger charge is -2.21. The van der Waals surface area contributed by atoms with Crippen LogP contribution in [0.25, 0.3) is 0 Å². The van der Waals surface area contributed by atoms with Crippen LogP contribution in [0.15, 0.2) is 24.3 Å². The van der Waals surface area contributed by atoms with Gasteiger partial charge in [0.05, 0.1) is 5.75 Å². The van der Waals surface area contributed by atoms with Crippen LogP contribution in [0, 0.1) is 0 Å². The van der Waals surface area contributed by atoms with Gasteiger partial charge in [-0.05, 0) is 18.2 Å². The highest BCUT2D eigenvalue weighted by molar-refractivity contribution is 7.91. The Morgan fingerprint density at radius 1 is 1.22 bits per heavy atom. The van der Waals surface area contributed by atoms with Crippen molar-refractivity contribution in [2.45, 2.75) is 20.4 Å². The maximum Gasteiger partial charge on any atom is 0.151 e. The molecule has 4 nitrogen and oxygen atoms in total. The SMILES string of the molecule is CCN(CCS(=O)(=O)CC)Cc1ccccc1N. The molecular formula is C13H22N2O2S. The fraction of sp³-hybridized carbons (Fsp3) is 0.538. The van der Waals surface area contributed by atoms with Gasteiger partial charge in [0.1, 0.15) is 0 Å². The minimum Gasteiger partial charge on any atom is -0.398 e. The molecule has 0 aliphatic rings. The predicted octanol–water partition coefficient (Wildman–Crippen LogP) is 1.53. The van der Waals surface area contributed by atoms with Crippen LogP contribution in [0.1, 0.15) is 19.4 Å². The van der Waals surface area contributed by atoms with Crippen LogP contribution in [0.5, 0.6) is 0 Å². The van der Waals surface area contributed by atoms with Gasteiger partial charge >= 0.3 is 0 Å². The molecule has 5 heteroatoms. The van der Waals surface area contributed by atoms with Gasteiger partial charge in [0, 0.05) is 24.5 Å². The Labute approximate surface area is 110 Å². The van der Waals surface area contributed by atoms with E-state index in [4.69, 9.17) is 5.73 Å². The maximum absolute atomic E-state index is 11.5. The molecule has 0 bridgehead atoms. The second-order valence-electron chi connectivity index (χ2n) is 4.30. The van der Waals surface area contributed by atoms with Crippen molar-refractivity contribution >= 4 is 15.5 Å². The van der Waals surface area contributed by atoms with Gasteiger partial charge in [-0.2, -0.15) is 0 Å². The molecule has 0 saturated carbocycles. The summed E-state index contributed by atoms with van der Waals surface area (Å²) in [7, 11) is -2.90. The Bertz CT molecular complexity index is 472. The first kappa shape index (κ1) is 15.0. The molecule has 0 radical (unpaired) electrons. The summed E-state index contributed by atoms with van der Waals surface area (Å²) in [6.07, 6.45) is 0. The molecule has 0 atom stereocenters. The smallest absolute Gasteiger partial charge is 0.151 e. The van der Waals surface area contributed by atoms with Gasteiger partial charge in [-0.15, -0.1) is 0 Å². The van der Waals surface area contributed by atoms with E-state index in [9.17, 15) is 8.42 Å². The molecule has 2 N–H and O–H groups in total. The molecular weight excluding hydrogens is 248 g/mol. The van der Waals surface area contributed by atoms with E-state index in [2.05, 4.69) is 4.90 Å². The van der Waals surface area contributed by atoms with Gasteiger partial charge in [0.25, 0.3) is 0 Å². The fourth-order valence-corrected chi connectivity index (χ4v) is 2.51. The van der Waals surface area contributed by atoms with E-state index in [1.807, 2.05) is 31.2 Å². The summed E-state index contributed by atoms with van der Waals surface area (Å²) in [5.41, 5.74) is 7.69. The molecule has 0 heterocycles. The molecule has 0 unspecified atom stereocenters. The zero-order valence-corrected chi connectivity index (χ0v) is 11.9. The molecule has 0 aliphatic carbocycles. The van der Waals surface area contributed by atoms with Crippen molar-refractivity contribution < 1.29 is 8.42 Å². The lowest BCUT2D eigenvalue weighted by molar-refractivity contribution is 0.297. The van der Waals surface area contributed by atoms with E-state index < -0.39 is 9.84 Å². The van der Waals surface area contributed by atoms with Crippen molar-refractivity contribution in [1.29, 1.82) is 0 Å². The average Bonchev–Trinajstić information content (AvgIpc) is 2.36. The Balaban J connectivity index is 2.61. The summed E-state index contributed by atoms with van der Waals surface area (Å²) in [5, 5.41) is 0. The van der Waals surface area contributed by atoms with Crippen molar-refractivity contribution in [2.75, 3.05) is 30.3 Å². The monoisotopic (exact) mass is 270 g/mol. The summed E-state index contributed by atoms with van der Waals surface area (Å²) in [4.78, 5) is 2.10. The van der Waals surface area contributed by atoms with Crippen LogP contribution in [0.3, 0.4) is 0 Å². The highest BCUT2D eigenvalue weighted by atomic mass is 32.2. The minimum absolute atomic E-state index is 0.206. The van der Waals surface area contributed by atoms with Crippen molar-refractivity contribution in [2.24, 2.45) is 0 Å². The largest absolute Gasteiger partial charge is 0.398 e. The van der Waals surface area contributed by atoms with Crippen molar-refractivity contribution in [3.8, 4) is 0 Å². The zero-order chi connectivity index (χ0) is 13.6. The molecule has 0 fully saturated rings. The van der Waals surface area contributed by atoms with Crippen LogP contribution in [-0.4, -0.2) is 37.9 Å². The Hall–Kier alpha value is -1.07. The number of benzene rings is 1. The van der Waals surface area contributed by atoms with E-state index in [1.54, 1.807) is 6.92 Å². The maximum atomic E-state index is 11.5. The molecule has 1 rings (SSSR count). The summed E-state index contributed by atoms with van der Waals surface area (Å²) in [5.74, 6) is 0.419. The van der Waals surface area contributed by atoms with Gasteiger partial charge < -0.3 is 5.73 Å². The van der Waals surface area contributed by atoms with Crippen molar-refractivity contribution in [1.82, 2.24) is 4.90 Å². The lowest BCUT2D eigenvalue weighted by atomic mass is 10.1. The highest BCUT2D eigenvalue weighted by Crippen LogP contribution is 2.13. The van der Waals surface area contributed by atoms with Crippen LogP contribution in [0.2, 0.25) is 0 Å². The van der Waals surface area contributed by atoms with Gasteiger partial charge in [0.2, 0.25) is 0 Å². The normalized spacial score (nSPS) is 11.9. The predicted molar refractivity (Wildman–Crippen MR) is 76.1 cm³/mol. The number of anilines is 1. The molecule has 0 spiro atoms. The Morgan fingerprint density at radius 3 is 2.44 bits per heavy atom. The molecule has 0 aliphatic heterocycles. The van der Waals surface area contributed by atoms with E-state index in [0.29, 0.717) is 13.1 Å². The standard InChI is InChI=1S/C13H22N2O2S/c1-3-15(9-10-18(16,17)4-2)11-12-7-5-6-8-13(12)14/h5-8H,3-4,9-11,14H2,1-2H3. The van der Waals surface area contributed by atoms with Crippen LogP contribution in [0.4, 0.5) is 5.69 Å². The Kier molecular flexibility index (Phi) is 5.62. The fourth-order valence-electron chi connectivity index (χ4n) is 1.68. The first-order valence-electron chi connectivity index (χ1n) is 6.24. The van der Waals surface area contributed by atoms with Gasteiger partial charge in [-0.1, -0.05) is 32.0 Å². The molecule has 0 saturated heterocycles. The third kappa shape index (κ3) is 4.66. The van der Waals surface area contributed by atoms with E-state index in [0.717, 1.165) is 17.8 Å². The second kappa shape index (κ2) is 6.75. The number of nitrogens with zero attached hydrogens (tertiary/aromatic N) is 1. The number of nitrogens with two attached hydrogens (primary N) is 1. The summed E-state index contributed by atoms with van der Waals surface area (Å²) < 4.78 is 23.0. The number of para-hydroxylation sites is 1. The second-order valence-corrected chi connectivity index (χ2v) is 6.78.